The minimum Gasteiger partial charge on any atom is -0.394 e. The highest BCUT2D eigenvalue weighted by Crippen LogP contribution is 2.66. The molecular weight excluding hydrogens is 366 g/mol. The van der Waals surface area contributed by atoms with Crippen LogP contribution in [0.5, 0.6) is 0 Å². The number of nitrogens with zero attached hydrogens (tertiary/aromatic N) is 1. The SMILES string of the molecule is CNC(=O)[C@@H]1[C@H]2C(=O)N([C@@H](CO)C(C)C)C(C(=O)NC(C)C)C23CC[C@H]1S3. The summed E-state index contributed by atoms with van der Waals surface area (Å²) in [6, 6.07) is -1.14. The first-order chi connectivity index (χ1) is 12.7. The van der Waals surface area contributed by atoms with Crippen LogP contribution in [0.1, 0.15) is 40.5 Å². The lowest BCUT2D eigenvalue weighted by atomic mass is 9.70. The van der Waals surface area contributed by atoms with Gasteiger partial charge in [0, 0.05) is 18.3 Å². The van der Waals surface area contributed by atoms with Gasteiger partial charge in [-0.2, -0.15) is 0 Å². The smallest absolute Gasteiger partial charge is 0.244 e. The maximum atomic E-state index is 13.5. The van der Waals surface area contributed by atoms with Gasteiger partial charge in [0.2, 0.25) is 17.7 Å². The van der Waals surface area contributed by atoms with Gasteiger partial charge in [0.05, 0.1) is 29.2 Å². The summed E-state index contributed by atoms with van der Waals surface area (Å²) in [5.74, 6) is -1.36. The highest BCUT2D eigenvalue weighted by molar-refractivity contribution is 8.02. The van der Waals surface area contributed by atoms with Crippen molar-refractivity contribution in [2.45, 2.75) is 68.7 Å². The Balaban J connectivity index is 2.08. The molecule has 3 N–H and O–H groups in total. The maximum absolute atomic E-state index is 13.5. The van der Waals surface area contributed by atoms with E-state index in [9.17, 15) is 19.5 Å². The molecule has 7 nitrogen and oxygen atoms in total. The van der Waals surface area contributed by atoms with Crippen LogP contribution in [0.4, 0.5) is 0 Å². The molecule has 27 heavy (non-hydrogen) atoms. The van der Waals surface area contributed by atoms with Crippen LogP contribution in [0.25, 0.3) is 0 Å². The van der Waals surface area contributed by atoms with E-state index in [1.54, 1.807) is 23.7 Å². The van der Waals surface area contributed by atoms with Crippen LogP contribution >= 0.6 is 11.8 Å². The molecule has 0 aromatic heterocycles. The lowest BCUT2D eigenvalue weighted by molar-refractivity contribution is -0.143. The summed E-state index contributed by atoms with van der Waals surface area (Å²) in [4.78, 5) is 41.0. The third-order valence-electron chi connectivity index (χ3n) is 6.28. The van der Waals surface area contributed by atoms with Gasteiger partial charge < -0.3 is 20.6 Å². The predicted octanol–water partition coefficient (Wildman–Crippen LogP) is 0.365. The number of nitrogens with one attached hydrogen (secondary N) is 2. The third kappa shape index (κ3) is 2.95. The Hall–Kier alpha value is -1.28. The zero-order valence-corrected chi connectivity index (χ0v) is 17.5. The second kappa shape index (κ2) is 7.28. The largest absolute Gasteiger partial charge is 0.394 e. The average molecular weight is 398 g/mol. The number of carbonyl (C=O) groups excluding carboxylic acids is 3. The fraction of sp³-hybridized carbons (Fsp3) is 0.842. The molecule has 3 amide bonds. The van der Waals surface area contributed by atoms with Crippen LogP contribution in [-0.4, -0.2) is 69.5 Å². The second-order valence-electron chi connectivity index (χ2n) is 8.57. The number of aliphatic hydroxyl groups is 1. The molecule has 0 aliphatic carbocycles. The Kier molecular flexibility index (Phi) is 5.51. The van der Waals surface area contributed by atoms with E-state index in [2.05, 4.69) is 10.6 Å². The van der Waals surface area contributed by atoms with Crippen LogP contribution in [0.2, 0.25) is 0 Å². The van der Waals surface area contributed by atoms with Gasteiger partial charge in [-0.15, -0.1) is 11.8 Å². The molecule has 3 aliphatic rings. The summed E-state index contributed by atoms with van der Waals surface area (Å²) in [5, 5.41) is 15.7. The quantitative estimate of drug-likeness (QED) is 0.601. The van der Waals surface area contributed by atoms with Crippen molar-refractivity contribution >= 4 is 29.5 Å². The maximum Gasteiger partial charge on any atom is 0.244 e. The van der Waals surface area contributed by atoms with Gasteiger partial charge in [0.1, 0.15) is 6.04 Å². The van der Waals surface area contributed by atoms with Crippen molar-refractivity contribution in [3.63, 3.8) is 0 Å². The molecule has 3 fully saturated rings. The van der Waals surface area contributed by atoms with Crippen molar-refractivity contribution in [2.75, 3.05) is 13.7 Å². The molecule has 152 valence electrons. The van der Waals surface area contributed by atoms with Crippen molar-refractivity contribution in [1.82, 2.24) is 15.5 Å². The van der Waals surface area contributed by atoms with Crippen LogP contribution in [-0.2, 0) is 14.4 Å². The number of thioether (sulfide) groups is 1. The van der Waals surface area contributed by atoms with Crippen LogP contribution in [0.15, 0.2) is 0 Å². The number of amides is 3. The van der Waals surface area contributed by atoms with Crippen LogP contribution < -0.4 is 10.6 Å². The first-order valence-electron chi connectivity index (χ1n) is 9.82. The van der Waals surface area contributed by atoms with Gasteiger partial charge in [-0.3, -0.25) is 14.4 Å². The Morgan fingerprint density at radius 1 is 1.30 bits per heavy atom. The molecule has 1 spiro atoms. The number of rotatable bonds is 6. The molecule has 3 rings (SSSR count). The summed E-state index contributed by atoms with van der Waals surface area (Å²) >= 11 is 1.65. The van der Waals surface area contributed by atoms with Crippen LogP contribution in [0.3, 0.4) is 0 Å². The summed E-state index contributed by atoms with van der Waals surface area (Å²) in [6.45, 7) is 7.48. The normalized spacial score (nSPS) is 35.7. The van der Waals surface area contributed by atoms with E-state index in [4.69, 9.17) is 0 Å². The van der Waals surface area contributed by atoms with E-state index in [1.807, 2.05) is 27.7 Å². The van der Waals surface area contributed by atoms with E-state index in [1.165, 1.54) is 0 Å². The molecule has 3 heterocycles. The summed E-state index contributed by atoms with van der Waals surface area (Å²) < 4.78 is -0.583. The van der Waals surface area contributed by atoms with Crippen molar-refractivity contribution in [3.8, 4) is 0 Å². The first-order valence-corrected chi connectivity index (χ1v) is 10.7. The van der Waals surface area contributed by atoms with Gasteiger partial charge >= 0.3 is 0 Å². The van der Waals surface area contributed by atoms with Crippen molar-refractivity contribution < 1.29 is 19.5 Å². The number of aliphatic hydroxyl groups excluding tert-OH is 1. The molecule has 0 saturated carbocycles. The number of likely N-dealkylation sites (tertiary alicyclic amines) is 1. The van der Waals surface area contributed by atoms with Crippen molar-refractivity contribution in [3.05, 3.63) is 0 Å². The first kappa shape index (κ1) is 20.5. The minimum absolute atomic E-state index is 0.00387. The number of hydrogen-bond donors (Lipinski definition) is 3. The lowest BCUT2D eigenvalue weighted by Gasteiger charge is -2.38. The zero-order valence-electron chi connectivity index (χ0n) is 16.7. The zero-order chi connectivity index (χ0) is 20.1. The molecule has 3 aliphatic heterocycles. The monoisotopic (exact) mass is 397 g/mol. The summed E-state index contributed by atoms with van der Waals surface area (Å²) in [5.41, 5.74) is 0. The Labute approximate surface area is 165 Å². The molecule has 8 heteroatoms. The van der Waals surface area contributed by atoms with Gasteiger partial charge in [-0.1, -0.05) is 13.8 Å². The number of fused-ring (bicyclic) bond motifs is 1. The van der Waals surface area contributed by atoms with E-state index >= 15 is 0 Å². The number of hydrogen-bond acceptors (Lipinski definition) is 5. The highest BCUT2D eigenvalue weighted by Gasteiger charge is 2.74. The van der Waals surface area contributed by atoms with E-state index < -0.39 is 28.7 Å². The summed E-state index contributed by atoms with van der Waals surface area (Å²) in [7, 11) is 1.59. The number of carbonyl (C=O) groups is 3. The Morgan fingerprint density at radius 2 is 1.96 bits per heavy atom. The minimum atomic E-state index is -0.651. The topological polar surface area (TPSA) is 98.7 Å². The fourth-order valence-corrected chi connectivity index (χ4v) is 7.40. The molecule has 6 atom stereocenters. The highest BCUT2D eigenvalue weighted by atomic mass is 32.2. The molecule has 2 unspecified atom stereocenters. The van der Waals surface area contributed by atoms with E-state index in [0.29, 0.717) is 0 Å². The van der Waals surface area contributed by atoms with Gasteiger partial charge in [0.25, 0.3) is 0 Å². The Morgan fingerprint density at radius 3 is 2.48 bits per heavy atom. The molecule has 3 saturated heterocycles. The van der Waals surface area contributed by atoms with Gasteiger partial charge in [-0.25, -0.2) is 0 Å². The fourth-order valence-electron chi connectivity index (χ4n) is 5.20. The molecule has 0 aromatic rings. The van der Waals surface area contributed by atoms with Gasteiger partial charge in [-0.05, 0) is 32.6 Å². The van der Waals surface area contributed by atoms with E-state index in [-0.39, 0.29) is 41.5 Å². The van der Waals surface area contributed by atoms with E-state index in [0.717, 1.165) is 12.8 Å². The Bertz CT molecular complexity index is 640. The molecule has 0 aromatic carbocycles. The van der Waals surface area contributed by atoms with Crippen molar-refractivity contribution in [1.29, 1.82) is 0 Å². The van der Waals surface area contributed by atoms with Crippen LogP contribution in [0, 0.1) is 17.8 Å². The standard InChI is InChI=1S/C19H31N3O4S/c1-9(2)11(8-23)22-15(17(25)21-10(3)4)19-7-6-12(27-19)13(16(24)20-5)14(19)18(22)26/h9-15,23H,6-8H2,1-5H3,(H,20,24)(H,21,25)/t11-,12+,13-,14-,15?,19?/m0/s1. The predicted molar refractivity (Wildman–Crippen MR) is 104 cm³/mol. The third-order valence-corrected chi connectivity index (χ3v) is 8.23. The average Bonchev–Trinajstić information content (AvgIpc) is 3.22. The second-order valence-corrected chi connectivity index (χ2v) is 10.2. The molecular formula is C19H31N3O4S. The molecule has 2 bridgehead atoms. The van der Waals surface area contributed by atoms with Crippen molar-refractivity contribution in [2.24, 2.45) is 17.8 Å². The van der Waals surface area contributed by atoms with Gasteiger partial charge in [0.15, 0.2) is 0 Å². The molecule has 0 radical (unpaired) electrons. The lowest BCUT2D eigenvalue weighted by Crippen LogP contribution is -2.58. The summed E-state index contributed by atoms with van der Waals surface area (Å²) in [6.07, 6.45) is 1.58.